The molecule has 0 saturated heterocycles. The minimum Gasteiger partial charge on any atom is -0.641 e. The van der Waals surface area contributed by atoms with Crippen molar-refractivity contribution in [2.24, 2.45) is 0 Å². The van der Waals surface area contributed by atoms with Crippen LogP contribution in [0.25, 0.3) is 10.8 Å². The zero-order valence-corrected chi connectivity index (χ0v) is 15.8. The number of pyridine rings is 1. The smallest absolute Gasteiger partial charge is 0.567 e. The molecule has 0 saturated carbocycles. The van der Waals surface area contributed by atoms with Crippen molar-refractivity contribution < 1.29 is 9.14 Å². The highest BCUT2D eigenvalue weighted by Gasteiger charge is 2.40. The molecule has 3 nitrogen and oxygen atoms in total. The number of rotatable bonds is 1. The van der Waals surface area contributed by atoms with Gasteiger partial charge in [0.25, 0.3) is 0 Å². The number of nitrogens with zero attached hydrogens (tertiary/aromatic N) is 2. The lowest BCUT2D eigenvalue weighted by Crippen LogP contribution is -2.43. The number of aromatic nitrogens is 1. The minimum absolute atomic E-state index is 0.960. The van der Waals surface area contributed by atoms with Gasteiger partial charge < -0.3 is 9.14 Å². The van der Waals surface area contributed by atoms with E-state index in [9.17, 15) is 0 Å². The third-order valence-electron chi connectivity index (χ3n) is 3.72. The minimum atomic E-state index is -1.26. The van der Waals surface area contributed by atoms with Crippen LogP contribution in [-0.4, -0.2) is 17.9 Å². The Morgan fingerprint density at radius 2 is 1.86 bits per heavy atom. The van der Waals surface area contributed by atoms with Gasteiger partial charge in [-0.15, -0.1) is 0 Å². The van der Waals surface area contributed by atoms with Gasteiger partial charge >= 0.3 is 2.20 Å². The predicted molar refractivity (Wildman–Crippen MR) is 108 cm³/mol. The van der Waals surface area contributed by atoms with Crippen LogP contribution in [0, 0.1) is 0 Å². The highest BCUT2D eigenvalue weighted by molar-refractivity contribution is 14.3. The first-order valence-corrected chi connectivity index (χ1v) is 9.39. The second-order valence-electron chi connectivity index (χ2n) is 5.13. The maximum absolute atomic E-state index is 6.40. The van der Waals surface area contributed by atoms with Crippen molar-refractivity contribution in [2.75, 3.05) is 0 Å². The average Bonchev–Trinajstić information content (AvgIpc) is 2.54. The van der Waals surface area contributed by atoms with Crippen molar-refractivity contribution in [1.29, 1.82) is 0 Å². The van der Waals surface area contributed by atoms with Crippen LogP contribution < -0.4 is 4.65 Å². The predicted octanol–water partition coefficient (Wildman–Crippen LogP) is 4.70. The van der Waals surface area contributed by atoms with Crippen molar-refractivity contribution >= 4 is 69.6 Å². The fourth-order valence-electron chi connectivity index (χ4n) is 2.68. The lowest BCUT2D eigenvalue weighted by Gasteiger charge is -2.33. The summed E-state index contributed by atoms with van der Waals surface area (Å²) in [5.41, 5.74) is 2.12. The molecule has 2 aromatic carbocycles. The first kappa shape index (κ1) is 14.4. The number of hydrogen-bond acceptors (Lipinski definition) is 2. The molecule has 0 atom stereocenters. The molecule has 1 aromatic heterocycles. The average molecular weight is 512 g/mol. The van der Waals surface area contributed by atoms with Crippen molar-refractivity contribution in [3.8, 4) is 5.75 Å². The molecule has 2 heterocycles. The first-order chi connectivity index (χ1) is 10.6. The highest BCUT2D eigenvalue weighted by Crippen LogP contribution is 2.40. The number of halogens is 2. The Morgan fingerprint density at radius 3 is 2.68 bits per heavy atom. The van der Waals surface area contributed by atoms with Gasteiger partial charge in [-0.25, -0.2) is 0 Å². The summed E-state index contributed by atoms with van der Waals surface area (Å²) in [4.78, 5) is 4.22. The summed E-state index contributed by atoms with van der Waals surface area (Å²) in [6, 6.07) is 16.6. The maximum atomic E-state index is 6.40. The Bertz CT molecular complexity index is 897. The van der Waals surface area contributed by atoms with Crippen LogP contribution >= 0.6 is 44.7 Å². The quantitative estimate of drug-likeness (QED) is 0.350. The highest BCUT2D eigenvalue weighted by atomic mass is 127. The molecule has 22 heavy (non-hydrogen) atoms. The fraction of sp³-hybridized carbons (Fsp3) is 0. The maximum Gasteiger partial charge on any atom is 0.567 e. The SMILES string of the molecule is I[B-]1(I)Oc2c(ccc3ccccc23)C=[N+]1c1cccnc1. The summed E-state index contributed by atoms with van der Waals surface area (Å²) in [6.07, 6.45) is 5.80. The van der Waals surface area contributed by atoms with E-state index < -0.39 is 2.20 Å². The van der Waals surface area contributed by atoms with Gasteiger partial charge in [-0.1, -0.05) is 30.3 Å². The molecule has 1 aliphatic heterocycles. The van der Waals surface area contributed by atoms with Crippen LogP contribution in [0.4, 0.5) is 5.69 Å². The van der Waals surface area contributed by atoms with Crippen LogP contribution in [0.5, 0.6) is 5.75 Å². The van der Waals surface area contributed by atoms with Gasteiger partial charge in [0.05, 0.1) is 17.5 Å². The van der Waals surface area contributed by atoms with Crippen LogP contribution in [0.15, 0.2) is 60.9 Å². The standard InChI is InChI=1S/C16H11BI2N2O/c18-17(19)21(14-5-3-9-20-10-14)11-13-8-7-12-4-1-2-6-15(12)16(13)22-17/h1-11H. The molecule has 0 fully saturated rings. The largest absolute Gasteiger partial charge is 0.641 e. The molecular weight excluding hydrogens is 501 g/mol. The molecule has 0 aliphatic carbocycles. The lowest BCUT2D eigenvalue weighted by atomic mass is 10.0. The van der Waals surface area contributed by atoms with Crippen molar-refractivity contribution in [1.82, 2.24) is 4.98 Å². The third kappa shape index (κ3) is 2.42. The summed E-state index contributed by atoms with van der Waals surface area (Å²) in [7, 11) is 0. The molecule has 0 N–H and O–H groups in total. The van der Waals surface area contributed by atoms with Crippen molar-refractivity contribution in [3.63, 3.8) is 0 Å². The van der Waals surface area contributed by atoms with Gasteiger partial charge in [0.1, 0.15) is 6.21 Å². The first-order valence-electron chi connectivity index (χ1n) is 6.90. The Kier molecular flexibility index (Phi) is 3.60. The molecule has 1 aliphatic rings. The lowest BCUT2D eigenvalue weighted by molar-refractivity contribution is -0.291. The molecule has 0 amide bonds. The van der Waals surface area contributed by atoms with E-state index in [0.717, 1.165) is 22.4 Å². The van der Waals surface area contributed by atoms with Crippen molar-refractivity contribution in [3.05, 3.63) is 66.5 Å². The van der Waals surface area contributed by atoms with Crippen molar-refractivity contribution in [2.45, 2.75) is 0 Å². The van der Waals surface area contributed by atoms with E-state index in [0.29, 0.717) is 0 Å². The van der Waals surface area contributed by atoms with Gasteiger partial charge in [0.15, 0.2) is 5.69 Å². The van der Waals surface area contributed by atoms with Gasteiger partial charge in [-0.2, -0.15) is 44.7 Å². The summed E-state index contributed by atoms with van der Waals surface area (Å²) >= 11 is 4.76. The van der Waals surface area contributed by atoms with E-state index >= 15 is 0 Å². The van der Waals surface area contributed by atoms with Gasteiger partial charge in [-0.3, -0.25) is 4.98 Å². The summed E-state index contributed by atoms with van der Waals surface area (Å²) < 4.78 is 7.30. The third-order valence-corrected chi connectivity index (χ3v) is 5.42. The Labute approximate surface area is 155 Å². The fourth-order valence-corrected chi connectivity index (χ4v) is 4.16. The van der Waals surface area contributed by atoms with E-state index in [1.165, 1.54) is 5.39 Å². The van der Waals surface area contributed by atoms with E-state index in [2.05, 4.69) is 96.8 Å². The normalized spacial score (nSPS) is 15.8. The second kappa shape index (κ2) is 5.49. The molecule has 0 spiro atoms. The monoisotopic (exact) mass is 512 g/mol. The molecule has 0 radical (unpaired) electrons. The Hall–Kier alpha value is -1.16. The molecule has 0 unspecified atom stereocenters. The topological polar surface area (TPSA) is 25.1 Å². The zero-order valence-electron chi connectivity index (χ0n) is 11.5. The summed E-state index contributed by atoms with van der Waals surface area (Å²) in [5, 5.41) is 2.35. The molecule has 3 aromatic rings. The molecule has 4 rings (SSSR count). The van der Waals surface area contributed by atoms with E-state index in [1.807, 2.05) is 18.3 Å². The van der Waals surface area contributed by atoms with Crippen LogP contribution in [0.2, 0.25) is 0 Å². The van der Waals surface area contributed by atoms with Crippen LogP contribution in [-0.2, 0) is 0 Å². The number of hydrogen-bond donors (Lipinski definition) is 0. The Balaban J connectivity index is 1.96. The van der Waals surface area contributed by atoms with E-state index in [-0.39, 0.29) is 0 Å². The molecule has 0 bridgehead atoms. The van der Waals surface area contributed by atoms with Gasteiger partial charge in [-0.05, 0) is 17.5 Å². The van der Waals surface area contributed by atoms with Crippen LogP contribution in [0.1, 0.15) is 5.56 Å². The van der Waals surface area contributed by atoms with Crippen LogP contribution in [0.3, 0.4) is 0 Å². The molecule has 6 heteroatoms. The van der Waals surface area contributed by atoms with Gasteiger partial charge in [0, 0.05) is 17.6 Å². The molecule has 108 valence electrons. The Morgan fingerprint density at radius 1 is 1.00 bits per heavy atom. The number of fused-ring (bicyclic) bond motifs is 3. The van der Waals surface area contributed by atoms with Gasteiger partial charge in [0.2, 0.25) is 0 Å². The van der Waals surface area contributed by atoms with E-state index in [1.54, 1.807) is 6.20 Å². The second-order valence-corrected chi connectivity index (χ2v) is 10.9. The van der Waals surface area contributed by atoms with E-state index in [4.69, 9.17) is 4.65 Å². The zero-order chi connectivity index (χ0) is 15.2. The summed E-state index contributed by atoms with van der Waals surface area (Å²) in [5.74, 6) is 0.960. The summed E-state index contributed by atoms with van der Waals surface area (Å²) in [6.45, 7) is 0. The molecular formula is C16H11BI2N2O. The number of benzene rings is 2.